The fourth-order valence-corrected chi connectivity index (χ4v) is 3.51. The molecule has 4 nitrogen and oxygen atoms in total. The van der Waals surface area contributed by atoms with Gasteiger partial charge in [0.25, 0.3) is 0 Å². The highest BCUT2D eigenvalue weighted by atomic mass is 16.2. The molecule has 4 heteroatoms. The van der Waals surface area contributed by atoms with Gasteiger partial charge >= 0.3 is 0 Å². The van der Waals surface area contributed by atoms with E-state index >= 15 is 0 Å². The number of hydrogen-bond donors (Lipinski definition) is 1. The Morgan fingerprint density at radius 3 is 2.71 bits per heavy atom. The molecular formula is C17H31N3O. The van der Waals surface area contributed by atoms with Gasteiger partial charge in [-0.3, -0.25) is 9.69 Å². The number of allylic oxidation sites excluding steroid dienone is 2. The number of rotatable bonds is 6. The van der Waals surface area contributed by atoms with E-state index in [0.29, 0.717) is 12.6 Å². The maximum atomic E-state index is 12.7. The van der Waals surface area contributed by atoms with Gasteiger partial charge in [-0.05, 0) is 58.5 Å². The monoisotopic (exact) mass is 293 g/mol. The lowest BCUT2D eigenvalue weighted by molar-refractivity contribution is -0.131. The zero-order valence-corrected chi connectivity index (χ0v) is 13.7. The molecular weight excluding hydrogens is 262 g/mol. The number of piperidine rings is 1. The number of carbonyl (C=O) groups is 1. The average molecular weight is 293 g/mol. The molecule has 0 radical (unpaired) electrons. The van der Waals surface area contributed by atoms with Gasteiger partial charge in [-0.1, -0.05) is 13.0 Å². The van der Waals surface area contributed by atoms with Gasteiger partial charge < -0.3 is 10.2 Å². The number of carbonyl (C=O) groups excluding carboxylic acids is 1. The third kappa shape index (κ3) is 4.55. The fraction of sp³-hybridized carbons (Fsp3) is 0.824. The van der Waals surface area contributed by atoms with Crippen molar-refractivity contribution < 1.29 is 4.79 Å². The van der Waals surface area contributed by atoms with Crippen LogP contribution >= 0.6 is 0 Å². The molecule has 1 aliphatic carbocycles. The first-order valence-corrected chi connectivity index (χ1v) is 8.70. The molecule has 2 aliphatic rings. The van der Waals surface area contributed by atoms with E-state index < -0.39 is 0 Å². The minimum atomic E-state index is 0.276. The summed E-state index contributed by atoms with van der Waals surface area (Å²) in [6, 6.07) is 0.520. The SMILES string of the molecule is CCN(C(=O)CN(CC)C1CCCNC1)C1=CCCCC1. The molecule has 21 heavy (non-hydrogen) atoms. The molecule has 1 saturated heterocycles. The smallest absolute Gasteiger partial charge is 0.240 e. The van der Waals surface area contributed by atoms with E-state index in [1.807, 2.05) is 4.90 Å². The van der Waals surface area contributed by atoms with Gasteiger partial charge in [0, 0.05) is 24.8 Å². The number of hydrogen-bond acceptors (Lipinski definition) is 3. The van der Waals surface area contributed by atoms with Crippen LogP contribution in [0.25, 0.3) is 0 Å². The van der Waals surface area contributed by atoms with Crippen LogP contribution in [0.1, 0.15) is 52.4 Å². The predicted molar refractivity (Wildman–Crippen MR) is 87.1 cm³/mol. The van der Waals surface area contributed by atoms with Crippen molar-refractivity contribution in [3.63, 3.8) is 0 Å². The molecule has 0 bridgehead atoms. The second-order valence-electron chi connectivity index (χ2n) is 6.14. The largest absolute Gasteiger partial charge is 0.316 e. The van der Waals surface area contributed by atoms with Crippen molar-refractivity contribution in [2.24, 2.45) is 0 Å². The lowest BCUT2D eigenvalue weighted by atomic mass is 10.0. The standard InChI is InChI=1S/C17H31N3O/c1-3-19(16-11-8-12-18-13-16)14-17(21)20(4-2)15-9-6-5-7-10-15/h9,16,18H,3-8,10-14H2,1-2H3. The van der Waals surface area contributed by atoms with E-state index in [9.17, 15) is 4.79 Å². The summed E-state index contributed by atoms with van der Waals surface area (Å²) in [4.78, 5) is 17.1. The van der Waals surface area contributed by atoms with Crippen LogP contribution in [-0.2, 0) is 4.79 Å². The van der Waals surface area contributed by atoms with Crippen molar-refractivity contribution in [1.29, 1.82) is 0 Å². The van der Waals surface area contributed by atoms with Gasteiger partial charge in [-0.15, -0.1) is 0 Å². The molecule has 1 unspecified atom stereocenters. The average Bonchev–Trinajstić information content (AvgIpc) is 2.55. The molecule has 1 heterocycles. The van der Waals surface area contributed by atoms with Crippen molar-refractivity contribution in [1.82, 2.24) is 15.1 Å². The van der Waals surface area contributed by atoms with E-state index in [0.717, 1.165) is 39.0 Å². The topological polar surface area (TPSA) is 35.6 Å². The lowest BCUT2D eigenvalue weighted by Gasteiger charge is -2.35. The Morgan fingerprint density at radius 2 is 2.14 bits per heavy atom. The van der Waals surface area contributed by atoms with Crippen molar-refractivity contribution >= 4 is 5.91 Å². The van der Waals surface area contributed by atoms with Gasteiger partial charge in [0.2, 0.25) is 5.91 Å². The molecule has 1 amide bonds. The van der Waals surface area contributed by atoms with E-state index in [2.05, 4.69) is 30.1 Å². The van der Waals surface area contributed by atoms with Crippen LogP contribution in [0.4, 0.5) is 0 Å². The summed E-state index contributed by atoms with van der Waals surface area (Å²) in [5, 5.41) is 3.45. The van der Waals surface area contributed by atoms with Crippen LogP contribution in [0, 0.1) is 0 Å². The lowest BCUT2D eigenvalue weighted by Crippen LogP contribution is -2.50. The molecule has 1 aliphatic heterocycles. The van der Waals surface area contributed by atoms with Gasteiger partial charge in [0.1, 0.15) is 0 Å². The Labute approximate surface area is 129 Å². The van der Waals surface area contributed by atoms with Crippen molar-refractivity contribution in [3.8, 4) is 0 Å². The first-order valence-electron chi connectivity index (χ1n) is 8.70. The zero-order valence-electron chi connectivity index (χ0n) is 13.7. The minimum Gasteiger partial charge on any atom is -0.316 e. The summed E-state index contributed by atoms with van der Waals surface area (Å²) in [5.74, 6) is 0.276. The van der Waals surface area contributed by atoms with Crippen LogP contribution in [0.15, 0.2) is 11.8 Å². The quantitative estimate of drug-likeness (QED) is 0.816. The van der Waals surface area contributed by atoms with E-state index in [4.69, 9.17) is 0 Å². The van der Waals surface area contributed by atoms with Crippen molar-refractivity contribution in [3.05, 3.63) is 11.8 Å². The Bertz CT molecular complexity index is 361. The first kappa shape index (κ1) is 16.5. The van der Waals surface area contributed by atoms with E-state index in [1.54, 1.807) is 0 Å². The third-order valence-corrected chi connectivity index (χ3v) is 4.76. The van der Waals surface area contributed by atoms with Gasteiger partial charge in [-0.25, -0.2) is 0 Å². The van der Waals surface area contributed by atoms with Gasteiger partial charge in [0.15, 0.2) is 0 Å². The van der Waals surface area contributed by atoms with E-state index in [1.165, 1.54) is 31.4 Å². The number of likely N-dealkylation sites (N-methyl/N-ethyl adjacent to an activating group) is 2. The highest BCUT2D eigenvalue weighted by Crippen LogP contribution is 2.21. The first-order chi connectivity index (χ1) is 10.3. The number of amides is 1. The fourth-order valence-electron chi connectivity index (χ4n) is 3.51. The summed E-state index contributed by atoms with van der Waals surface area (Å²) < 4.78 is 0. The van der Waals surface area contributed by atoms with E-state index in [-0.39, 0.29) is 5.91 Å². The van der Waals surface area contributed by atoms with Crippen molar-refractivity contribution in [2.45, 2.75) is 58.4 Å². The summed E-state index contributed by atoms with van der Waals surface area (Å²) in [6.07, 6.45) is 9.38. The third-order valence-electron chi connectivity index (χ3n) is 4.76. The molecule has 1 atom stereocenters. The molecule has 2 rings (SSSR count). The normalized spacial score (nSPS) is 23.0. The molecule has 1 fully saturated rings. The van der Waals surface area contributed by atoms with Gasteiger partial charge in [-0.2, -0.15) is 0 Å². The molecule has 0 aromatic carbocycles. The summed E-state index contributed by atoms with van der Waals surface area (Å²) >= 11 is 0. The Kier molecular flexibility index (Phi) is 6.71. The number of nitrogens with zero attached hydrogens (tertiary/aromatic N) is 2. The zero-order chi connectivity index (χ0) is 15.1. The molecule has 0 aromatic rings. The minimum absolute atomic E-state index is 0.276. The van der Waals surface area contributed by atoms with Crippen LogP contribution in [0.3, 0.4) is 0 Å². The van der Waals surface area contributed by atoms with Crippen LogP contribution in [0.2, 0.25) is 0 Å². The molecule has 0 aromatic heterocycles. The maximum absolute atomic E-state index is 12.7. The summed E-state index contributed by atoms with van der Waals surface area (Å²) in [5.41, 5.74) is 1.26. The van der Waals surface area contributed by atoms with Gasteiger partial charge in [0.05, 0.1) is 6.54 Å². The van der Waals surface area contributed by atoms with Crippen LogP contribution < -0.4 is 5.32 Å². The van der Waals surface area contributed by atoms with Crippen LogP contribution in [-0.4, -0.2) is 54.5 Å². The molecule has 120 valence electrons. The maximum Gasteiger partial charge on any atom is 0.240 e. The highest BCUT2D eigenvalue weighted by molar-refractivity contribution is 5.80. The second-order valence-corrected chi connectivity index (χ2v) is 6.14. The molecule has 0 saturated carbocycles. The summed E-state index contributed by atoms with van der Waals surface area (Å²) in [7, 11) is 0. The highest BCUT2D eigenvalue weighted by Gasteiger charge is 2.25. The Morgan fingerprint density at radius 1 is 1.29 bits per heavy atom. The predicted octanol–water partition coefficient (Wildman–Crippen LogP) is 2.37. The van der Waals surface area contributed by atoms with Crippen LogP contribution in [0.5, 0.6) is 0 Å². The second kappa shape index (κ2) is 8.54. The Balaban J connectivity index is 1.94. The Hall–Kier alpha value is -0.870. The summed E-state index contributed by atoms with van der Waals surface area (Å²) in [6.45, 7) is 8.71. The van der Waals surface area contributed by atoms with Crippen molar-refractivity contribution in [2.75, 3.05) is 32.7 Å². The molecule has 0 spiro atoms. The number of nitrogens with one attached hydrogen (secondary N) is 1. The molecule has 1 N–H and O–H groups in total.